The van der Waals surface area contributed by atoms with Crippen molar-refractivity contribution in [3.05, 3.63) is 22.8 Å². The number of anilines is 1. The number of esters is 1. The largest absolute Gasteiger partial charge is 0.467 e. The summed E-state index contributed by atoms with van der Waals surface area (Å²) in [5, 5.41) is 12.0. The average Bonchev–Trinajstić information content (AvgIpc) is 2.36. The highest BCUT2D eigenvalue weighted by atomic mass is 35.5. The Morgan fingerprint density at radius 2 is 2.28 bits per heavy atom. The molecule has 0 saturated carbocycles. The summed E-state index contributed by atoms with van der Waals surface area (Å²) in [5.74, 6) is -0.0916. The number of halogens is 1. The van der Waals surface area contributed by atoms with Crippen LogP contribution in [0.2, 0.25) is 5.02 Å². The van der Waals surface area contributed by atoms with E-state index in [1.165, 1.54) is 19.4 Å². The lowest BCUT2D eigenvalue weighted by Crippen LogP contribution is -2.35. The third-order valence-corrected chi connectivity index (χ3v) is 2.81. The van der Waals surface area contributed by atoms with Gasteiger partial charge in [0.25, 0.3) is 0 Å². The summed E-state index contributed by atoms with van der Waals surface area (Å²) >= 11 is 6.01. The normalized spacial score (nSPS) is 11.8. The fourth-order valence-electron chi connectivity index (χ4n) is 1.40. The highest BCUT2D eigenvalue weighted by Gasteiger charge is 2.24. The first kappa shape index (κ1) is 14.3. The Kier molecular flexibility index (Phi) is 4.93. The molecule has 1 atom stereocenters. The molecule has 0 aliphatic heterocycles. The van der Waals surface area contributed by atoms with Crippen molar-refractivity contribution in [1.82, 2.24) is 4.98 Å². The van der Waals surface area contributed by atoms with Crippen LogP contribution in [0.25, 0.3) is 0 Å². The van der Waals surface area contributed by atoms with Crippen molar-refractivity contribution in [2.75, 3.05) is 12.4 Å². The summed E-state index contributed by atoms with van der Waals surface area (Å²) < 4.78 is 4.71. The van der Waals surface area contributed by atoms with Gasteiger partial charge in [-0.1, -0.05) is 25.4 Å². The number of rotatable bonds is 4. The summed E-state index contributed by atoms with van der Waals surface area (Å²) in [6, 6.07) is 2.90. The standard InChI is InChI=1S/C12H14ClN3O2/c1-7(2)10(12(17)18-3)16-11-9(13)8(6-14)4-5-15-11/h4-5,7,10H,1-3H3,(H,15,16). The number of nitriles is 1. The first-order valence-corrected chi connectivity index (χ1v) is 5.78. The molecule has 18 heavy (non-hydrogen) atoms. The van der Waals surface area contributed by atoms with Crippen LogP contribution >= 0.6 is 11.6 Å². The molecule has 0 aromatic carbocycles. The Bertz CT molecular complexity index is 483. The van der Waals surface area contributed by atoms with Gasteiger partial charge in [0.1, 0.15) is 23.0 Å². The van der Waals surface area contributed by atoms with Gasteiger partial charge in [0.05, 0.1) is 12.7 Å². The van der Waals surface area contributed by atoms with Crippen LogP contribution in [0, 0.1) is 17.2 Å². The average molecular weight is 268 g/mol. The van der Waals surface area contributed by atoms with E-state index in [9.17, 15) is 4.79 Å². The van der Waals surface area contributed by atoms with Crippen LogP contribution in [0.4, 0.5) is 5.82 Å². The van der Waals surface area contributed by atoms with Crippen molar-refractivity contribution in [1.29, 1.82) is 5.26 Å². The fraction of sp³-hybridized carbons (Fsp3) is 0.417. The summed E-state index contributed by atoms with van der Waals surface area (Å²) in [5.41, 5.74) is 0.307. The van der Waals surface area contributed by atoms with Gasteiger partial charge < -0.3 is 10.1 Å². The zero-order chi connectivity index (χ0) is 13.7. The maximum absolute atomic E-state index is 11.6. The van der Waals surface area contributed by atoms with Crippen molar-refractivity contribution in [3.8, 4) is 6.07 Å². The van der Waals surface area contributed by atoms with Gasteiger partial charge in [0, 0.05) is 6.20 Å². The number of ether oxygens (including phenoxy) is 1. The quantitative estimate of drug-likeness (QED) is 0.847. The number of hydrogen-bond donors (Lipinski definition) is 1. The van der Waals surface area contributed by atoms with Crippen molar-refractivity contribution < 1.29 is 9.53 Å². The van der Waals surface area contributed by atoms with Gasteiger partial charge in [-0.25, -0.2) is 9.78 Å². The SMILES string of the molecule is COC(=O)C(Nc1nccc(C#N)c1Cl)C(C)C. The minimum atomic E-state index is -0.561. The van der Waals surface area contributed by atoms with Gasteiger partial charge in [-0.3, -0.25) is 0 Å². The molecule has 5 nitrogen and oxygen atoms in total. The lowest BCUT2D eigenvalue weighted by Gasteiger charge is -2.20. The van der Waals surface area contributed by atoms with Gasteiger partial charge in [-0.2, -0.15) is 5.26 Å². The van der Waals surface area contributed by atoms with Gasteiger partial charge in [0.2, 0.25) is 0 Å². The predicted octanol–water partition coefficient (Wildman–Crippen LogP) is 2.22. The van der Waals surface area contributed by atoms with E-state index in [0.717, 1.165) is 0 Å². The Balaban J connectivity index is 3.02. The van der Waals surface area contributed by atoms with Crippen LogP contribution in [0.5, 0.6) is 0 Å². The van der Waals surface area contributed by atoms with E-state index >= 15 is 0 Å². The second-order valence-electron chi connectivity index (χ2n) is 4.02. The molecule has 1 rings (SSSR count). The number of carbonyl (C=O) groups excluding carboxylic acids is 1. The van der Waals surface area contributed by atoms with Crippen LogP contribution in [0.15, 0.2) is 12.3 Å². The number of carbonyl (C=O) groups is 1. The highest BCUT2D eigenvalue weighted by molar-refractivity contribution is 6.34. The van der Waals surface area contributed by atoms with Crippen molar-refractivity contribution in [2.45, 2.75) is 19.9 Å². The van der Waals surface area contributed by atoms with Crippen LogP contribution in [0.1, 0.15) is 19.4 Å². The molecule has 0 spiro atoms. The van der Waals surface area contributed by atoms with Crippen molar-refractivity contribution in [2.24, 2.45) is 5.92 Å². The highest BCUT2D eigenvalue weighted by Crippen LogP contribution is 2.24. The number of methoxy groups -OCH3 is 1. The van der Waals surface area contributed by atoms with Gasteiger partial charge in [0.15, 0.2) is 0 Å². The number of aromatic nitrogens is 1. The Morgan fingerprint density at radius 1 is 1.61 bits per heavy atom. The van der Waals surface area contributed by atoms with Crippen LogP contribution in [0.3, 0.4) is 0 Å². The van der Waals surface area contributed by atoms with E-state index in [1.807, 2.05) is 19.9 Å². The van der Waals surface area contributed by atoms with E-state index in [4.69, 9.17) is 21.6 Å². The molecule has 6 heteroatoms. The Morgan fingerprint density at radius 3 is 2.78 bits per heavy atom. The van der Waals surface area contributed by atoms with Crippen molar-refractivity contribution in [3.63, 3.8) is 0 Å². The third kappa shape index (κ3) is 3.11. The molecule has 0 aliphatic rings. The molecular formula is C12H14ClN3O2. The Hall–Kier alpha value is -1.80. The number of hydrogen-bond acceptors (Lipinski definition) is 5. The smallest absolute Gasteiger partial charge is 0.328 e. The number of nitrogens with zero attached hydrogens (tertiary/aromatic N) is 2. The first-order valence-electron chi connectivity index (χ1n) is 5.40. The molecule has 96 valence electrons. The zero-order valence-corrected chi connectivity index (χ0v) is 11.2. The maximum atomic E-state index is 11.6. The minimum absolute atomic E-state index is 0.000980. The van der Waals surface area contributed by atoms with Gasteiger partial charge >= 0.3 is 5.97 Å². The first-order chi connectivity index (χ1) is 8.51. The second kappa shape index (κ2) is 6.22. The van der Waals surface area contributed by atoms with E-state index in [2.05, 4.69) is 10.3 Å². The molecule has 0 aliphatic carbocycles. The molecule has 0 amide bonds. The molecule has 0 saturated heterocycles. The van der Waals surface area contributed by atoms with E-state index in [0.29, 0.717) is 11.4 Å². The molecule has 0 radical (unpaired) electrons. The fourth-order valence-corrected chi connectivity index (χ4v) is 1.61. The molecule has 1 N–H and O–H groups in total. The van der Waals surface area contributed by atoms with E-state index in [-0.39, 0.29) is 10.9 Å². The lowest BCUT2D eigenvalue weighted by atomic mass is 10.0. The Labute approximate surface area is 111 Å². The van der Waals surface area contributed by atoms with Gasteiger partial charge in [-0.15, -0.1) is 0 Å². The minimum Gasteiger partial charge on any atom is -0.467 e. The van der Waals surface area contributed by atoms with Crippen LogP contribution in [-0.4, -0.2) is 24.1 Å². The maximum Gasteiger partial charge on any atom is 0.328 e. The number of nitrogens with one attached hydrogen (secondary N) is 1. The topological polar surface area (TPSA) is 75.0 Å². The summed E-state index contributed by atoms with van der Waals surface area (Å²) in [6.45, 7) is 3.74. The molecule has 0 fully saturated rings. The molecule has 0 bridgehead atoms. The van der Waals surface area contributed by atoms with Crippen molar-refractivity contribution >= 4 is 23.4 Å². The predicted molar refractivity (Wildman–Crippen MR) is 68.2 cm³/mol. The third-order valence-electron chi connectivity index (χ3n) is 2.42. The molecule has 1 unspecified atom stereocenters. The summed E-state index contributed by atoms with van der Waals surface area (Å²) in [7, 11) is 1.32. The second-order valence-corrected chi connectivity index (χ2v) is 4.40. The van der Waals surface area contributed by atoms with E-state index in [1.54, 1.807) is 0 Å². The molecule has 1 heterocycles. The lowest BCUT2D eigenvalue weighted by molar-refractivity contribution is -0.142. The summed E-state index contributed by atoms with van der Waals surface area (Å²) in [6.07, 6.45) is 1.46. The van der Waals surface area contributed by atoms with E-state index < -0.39 is 12.0 Å². The molecule has 1 aromatic rings. The number of pyridine rings is 1. The molecular weight excluding hydrogens is 254 g/mol. The van der Waals surface area contributed by atoms with Crippen LogP contribution in [-0.2, 0) is 9.53 Å². The molecule has 1 aromatic heterocycles. The van der Waals surface area contributed by atoms with Crippen LogP contribution < -0.4 is 5.32 Å². The zero-order valence-electron chi connectivity index (χ0n) is 10.4. The summed E-state index contributed by atoms with van der Waals surface area (Å²) in [4.78, 5) is 15.6. The monoisotopic (exact) mass is 267 g/mol. The van der Waals surface area contributed by atoms with Gasteiger partial charge in [-0.05, 0) is 12.0 Å².